The second-order valence-electron chi connectivity index (χ2n) is 4.43. The molecule has 1 fully saturated rings. The van der Waals surface area contributed by atoms with Gasteiger partial charge in [-0.3, -0.25) is 4.79 Å². The number of rotatable bonds is 7. The normalized spacial score (nSPS) is 18.5. The Balaban J connectivity index is 2.13. The largest absolute Gasteiger partial charge is 0.363 e. The number of hydrogen-bond donors (Lipinski definition) is 2. The van der Waals surface area contributed by atoms with E-state index >= 15 is 0 Å². The van der Waals surface area contributed by atoms with E-state index in [9.17, 15) is 13.2 Å². The van der Waals surface area contributed by atoms with Gasteiger partial charge in [-0.05, 0) is 6.92 Å². The van der Waals surface area contributed by atoms with Crippen molar-refractivity contribution in [3.8, 4) is 0 Å². The van der Waals surface area contributed by atoms with Crippen LogP contribution in [0.4, 0.5) is 0 Å². The highest BCUT2D eigenvalue weighted by Gasteiger charge is 2.32. The number of carbonyl (C=O) groups is 1. The van der Waals surface area contributed by atoms with Gasteiger partial charge in [0.1, 0.15) is 6.61 Å². The maximum atomic E-state index is 11.4. The molecule has 0 aliphatic carbocycles. The lowest BCUT2D eigenvalue weighted by Crippen LogP contribution is -2.59. The van der Waals surface area contributed by atoms with Crippen LogP contribution in [-0.2, 0) is 19.4 Å². The van der Waals surface area contributed by atoms with E-state index in [2.05, 4.69) is 10.6 Å². The zero-order valence-electron chi connectivity index (χ0n) is 10.3. The second kappa shape index (κ2) is 5.79. The summed E-state index contributed by atoms with van der Waals surface area (Å²) in [6.45, 7) is 5.12. The third kappa shape index (κ3) is 5.01. The molecule has 7 heteroatoms. The zero-order valence-corrected chi connectivity index (χ0v) is 11.1. The van der Waals surface area contributed by atoms with Gasteiger partial charge in [0.25, 0.3) is 0 Å². The molecule has 100 valence electrons. The van der Waals surface area contributed by atoms with Gasteiger partial charge in [-0.1, -0.05) is 6.92 Å². The number of carbonyl (C=O) groups excluding carboxylic acids is 1. The highest BCUT2D eigenvalue weighted by Crippen LogP contribution is 2.14. The Morgan fingerprint density at radius 1 is 1.47 bits per heavy atom. The van der Waals surface area contributed by atoms with Gasteiger partial charge in [0.05, 0.1) is 11.4 Å². The Hall–Kier alpha value is -0.660. The van der Waals surface area contributed by atoms with E-state index in [0.29, 0.717) is 0 Å². The van der Waals surface area contributed by atoms with Gasteiger partial charge in [0.2, 0.25) is 5.91 Å². The van der Waals surface area contributed by atoms with Gasteiger partial charge in [0.15, 0.2) is 9.84 Å². The van der Waals surface area contributed by atoms with Crippen LogP contribution < -0.4 is 10.6 Å². The minimum Gasteiger partial charge on any atom is -0.363 e. The van der Waals surface area contributed by atoms with Crippen molar-refractivity contribution in [2.75, 3.05) is 37.7 Å². The summed E-state index contributed by atoms with van der Waals surface area (Å²) in [4.78, 5) is 11.4. The molecule has 1 saturated heterocycles. The SMILES string of the molecule is CCS(=O)(=O)CCNC(=O)COC1(C)CNC1. The molecule has 1 rings (SSSR count). The Bertz CT molecular complexity index is 363. The molecular weight excluding hydrogens is 244 g/mol. The van der Waals surface area contributed by atoms with Gasteiger partial charge >= 0.3 is 0 Å². The molecule has 0 aromatic heterocycles. The molecule has 0 spiro atoms. The standard InChI is InChI=1S/C10H20N2O4S/c1-3-17(14,15)5-4-12-9(13)6-16-10(2)7-11-8-10/h11H,3-8H2,1-2H3,(H,12,13). The van der Waals surface area contributed by atoms with Crippen molar-refractivity contribution in [3.05, 3.63) is 0 Å². The van der Waals surface area contributed by atoms with E-state index in [1.165, 1.54) is 0 Å². The van der Waals surface area contributed by atoms with Crippen LogP contribution in [0.2, 0.25) is 0 Å². The van der Waals surface area contributed by atoms with E-state index in [1.807, 2.05) is 6.92 Å². The van der Waals surface area contributed by atoms with Crippen LogP contribution in [0.1, 0.15) is 13.8 Å². The molecule has 6 nitrogen and oxygen atoms in total. The van der Waals surface area contributed by atoms with E-state index in [1.54, 1.807) is 6.92 Å². The van der Waals surface area contributed by atoms with E-state index in [0.717, 1.165) is 13.1 Å². The Morgan fingerprint density at radius 2 is 2.12 bits per heavy atom. The molecule has 0 unspecified atom stereocenters. The van der Waals surface area contributed by atoms with Gasteiger partial charge in [-0.15, -0.1) is 0 Å². The summed E-state index contributed by atoms with van der Waals surface area (Å²) in [5, 5.41) is 5.59. The molecule has 1 aliphatic rings. The molecule has 17 heavy (non-hydrogen) atoms. The van der Waals surface area contributed by atoms with Crippen molar-refractivity contribution in [2.24, 2.45) is 0 Å². The van der Waals surface area contributed by atoms with Crippen molar-refractivity contribution in [1.29, 1.82) is 0 Å². The Morgan fingerprint density at radius 3 is 2.59 bits per heavy atom. The summed E-state index contributed by atoms with van der Waals surface area (Å²) in [5.74, 6) is -0.193. The molecule has 0 bridgehead atoms. The predicted molar refractivity (Wildman–Crippen MR) is 64.6 cm³/mol. The third-order valence-corrected chi connectivity index (χ3v) is 4.43. The Kier molecular flexibility index (Phi) is 4.91. The topological polar surface area (TPSA) is 84.5 Å². The van der Waals surface area contributed by atoms with Gasteiger partial charge in [0, 0.05) is 25.4 Å². The molecule has 0 aromatic rings. The molecule has 0 aromatic carbocycles. The number of ether oxygens (including phenoxy) is 1. The van der Waals surface area contributed by atoms with Crippen molar-refractivity contribution < 1.29 is 17.9 Å². The monoisotopic (exact) mass is 264 g/mol. The summed E-state index contributed by atoms with van der Waals surface area (Å²) in [6, 6.07) is 0. The average Bonchev–Trinajstić information content (AvgIpc) is 2.23. The number of hydrogen-bond acceptors (Lipinski definition) is 5. The highest BCUT2D eigenvalue weighted by molar-refractivity contribution is 7.91. The number of amides is 1. The van der Waals surface area contributed by atoms with Crippen LogP contribution in [-0.4, -0.2) is 57.7 Å². The third-order valence-electron chi connectivity index (χ3n) is 2.72. The molecule has 1 heterocycles. The quantitative estimate of drug-likeness (QED) is 0.611. The summed E-state index contributed by atoms with van der Waals surface area (Å²) >= 11 is 0. The molecule has 0 atom stereocenters. The summed E-state index contributed by atoms with van der Waals surface area (Å²) in [7, 11) is -3.02. The predicted octanol–water partition coefficient (Wildman–Crippen LogP) is -1.08. The van der Waals surface area contributed by atoms with Crippen molar-refractivity contribution in [1.82, 2.24) is 10.6 Å². The molecule has 0 radical (unpaired) electrons. The van der Waals surface area contributed by atoms with E-state index in [4.69, 9.17) is 4.74 Å². The van der Waals surface area contributed by atoms with E-state index in [-0.39, 0.29) is 36.2 Å². The number of sulfone groups is 1. The number of nitrogens with one attached hydrogen (secondary N) is 2. The fourth-order valence-electron chi connectivity index (χ4n) is 1.36. The van der Waals surface area contributed by atoms with Gasteiger partial charge in [-0.2, -0.15) is 0 Å². The molecule has 2 N–H and O–H groups in total. The smallest absolute Gasteiger partial charge is 0.246 e. The Labute approximate surface area is 102 Å². The van der Waals surface area contributed by atoms with Crippen LogP contribution in [0, 0.1) is 0 Å². The molecule has 1 aliphatic heterocycles. The van der Waals surface area contributed by atoms with E-state index < -0.39 is 9.84 Å². The fourth-order valence-corrected chi connectivity index (χ4v) is 2.06. The summed E-state index contributed by atoms with van der Waals surface area (Å²) < 4.78 is 27.7. The average molecular weight is 264 g/mol. The zero-order chi connectivity index (χ0) is 12.9. The lowest BCUT2D eigenvalue weighted by atomic mass is 10.0. The second-order valence-corrected chi connectivity index (χ2v) is 6.90. The van der Waals surface area contributed by atoms with Crippen LogP contribution in [0.15, 0.2) is 0 Å². The van der Waals surface area contributed by atoms with Crippen LogP contribution in [0.25, 0.3) is 0 Å². The van der Waals surface area contributed by atoms with Gasteiger partial charge < -0.3 is 15.4 Å². The minimum atomic E-state index is -3.02. The van der Waals surface area contributed by atoms with Crippen LogP contribution in [0.5, 0.6) is 0 Å². The van der Waals surface area contributed by atoms with Crippen LogP contribution in [0.3, 0.4) is 0 Å². The molecule has 1 amide bonds. The first-order valence-electron chi connectivity index (χ1n) is 5.69. The van der Waals surface area contributed by atoms with Crippen molar-refractivity contribution in [3.63, 3.8) is 0 Å². The maximum absolute atomic E-state index is 11.4. The molecular formula is C10H20N2O4S. The summed E-state index contributed by atoms with van der Waals surface area (Å²) in [5.41, 5.74) is -0.257. The van der Waals surface area contributed by atoms with Crippen molar-refractivity contribution >= 4 is 15.7 Å². The highest BCUT2D eigenvalue weighted by atomic mass is 32.2. The first-order valence-corrected chi connectivity index (χ1v) is 7.51. The minimum absolute atomic E-state index is 0.0198. The first kappa shape index (κ1) is 14.4. The van der Waals surface area contributed by atoms with Crippen LogP contribution >= 0.6 is 0 Å². The summed E-state index contributed by atoms with van der Waals surface area (Å²) in [6.07, 6.45) is 0. The lowest BCUT2D eigenvalue weighted by molar-refractivity contribution is -0.135. The van der Waals surface area contributed by atoms with Crippen molar-refractivity contribution in [2.45, 2.75) is 19.4 Å². The maximum Gasteiger partial charge on any atom is 0.246 e. The first-order chi connectivity index (χ1) is 7.87. The molecule has 0 saturated carbocycles. The fraction of sp³-hybridized carbons (Fsp3) is 0.900. The van der Waals surface area contributed by atoms with Gasteiger partial charge in [-0.25, -0.2) is 8.42 Å². The lowest BCUT2D eigenvalue weighted by Gasteiger charge is -2.38.